The van der Waals surface area contributed by atoms with Crippen LogP contribution in [0.5, 0.6) is 0 Å². The molecule has 6 heteroatoms. The summed E-state index contributed by atoms with van der Waals surface area (Å²) < 4.78 is 21.3. The summed E-state index contributed by atoms with van der Waals surface area (Å²) in [4.78, 5) is 9.50. The summed E-state index contributed by atoms with van der Waals surface area (Å²) in [6.45, 7) is 13.4. The van der Waals surface area contributed by atoms with E-state index in [0.717, 1.165) is 12.8 Å². The molecular formula is C19H37NO5. The molecule has 148 valence electrons. The highest BCUT2D eigenvalue weighted by Gasteiger charge is 1.92. The molecule has 0 saturated carbocycles. The van der Waals surface area contributed by atoms with Crippen molar-refractivity contribution in [3.8, 4) is 11.8 Å². The van der Waals surface area contributed by atoms with Gasteiger partial charge in [0, 0.05) is 18.4 Å². The molecule has 0 aliphatic heterocycles. The zero-order valence-electron chi connectivity index (χ0n) is 16.6. The molecule has 0 spiro atoms. The third-order valence-electron chi connectivity index (χ3n) is 2.45. The van der Waals surface area contributed by atoms with E-state index in [2.05, 4.69) is 31.0 Å². The Balaban J connectivity index is 0. The molecule has 6 nitrogen and oxygen atoms in total. The van der Waals surface area contributed by atoms with Crippen LogP contribution in [0, 0.1) is 23.7 Å². The van der Waals surface area contributed by atoms with E-state index in [0.29, 0.717) is 58.8 Å². The summed E-state index contributed by atoms with van der Waals surface area (Å²) in [5.41, 5.74) is 0. The molecule has 0 radical (unpaired) electrons. The molecule has 0 atom stereocenters. The van der Waals surface area contributed by atoms with Crippen molar-refractivity contribution in [2.45, 2.75) is 27.7 Å². The predicted octanol–water partition coefficient (Wildman–Crippen LogP) is 1.77. The van der Waals surface area contributed by atoms with Crippen LogP contribution in [0.25, 0.3) is 0 Å². The zero-order chi connectivity index (χ0) is 19.2. The van der Waals surface area contributed by atoms with Gasteiger partial charge in [-0.05, 0) is 7.05 Å². The van der Waals surface area contributed by atoms with Crippen LogP contribution in [0.3, 0.4) is 0 Å². The maximum absolute atomic E-state index is 9.50. The van der Waals surface area contributed by atoms with Gasteiger partial charge in [-0.15, -0.1) is 0 Å². The van der Waals surface area contributed by atoms with Crippen molar-refractivity contribution >= 4 is 6.29 Å². The van der Waals surface area contributed by atoms with Crippen molar-refractivity contribution in [1.29, 1.82) is 0 Å². The number of aldehydes is 1. The van der Waals surface area contributed by atoms with E-state index in [9.17, 15) is 4.79 Å². The van der Waals surface area contributed by atoms with Crippen molar-refractivity contribution in [3.05, 3.63) is 0 Å². The van der Waals surface area contributed by atoms with Crippen LogP contribution in [0.1, 0.15) is 27.7 Å². The van der Waals surface area contributed by atoms with Gasteiger partial charge in [-0.2, -0.15) is 0 Å². The van der Waals surface area contributed by atoms with Gasteiger partial charge in [-0.1, -0.05) is 39.5 Å². The van der Waals surface area contributed by atoms with Gasteiger partial charge >= 0.3 is 0 Å². The Bertz CT molecular complexity index is 324. The highest BCUT2D eigenvalue weighted by Crippen LogP contribution is 1.86. The van der Waals surface area contributed by atoms with Crippen molar-refractivity contribution in [1.82, 2.24) is 5.32 Å². The lowest BCUT2D eigenvalue weighted by atomic mass is 10.2. The van der Waals surface area contributed by atoms with Crippen LogP contribution < -0.4 is 5.32 Å². The number of rotatable bonds is 14. The van der Waals surface area contributed by atoms with Gasteiger partial charge in [0.05, 0.1) is 46.2 Å². The smallest absolute Gasteiger partial charge is 0.122 e. The average molecular weight is 360 g/mol. The average Bonchev–Trinajstić information content (AvgIpc) is 2.58. The number of carbonyl (C=O) groups is 1. The zero-order valence-corrected chi connectivity index (χ0v) is 16.6. The van der Waals surface area contributed by atoms with Gasteiger partial charge in [-0.25, -0.2) is 0 Å². The first-order chi connectivity index (χ1) is 12.0. The molecule has 0 fully saturated rings. The topological polar surface area (TPSA) is 66.0 Å². The van der Waals surface area contributed by atoms with E-state index >= 15 is 0 Å². The molecule has 0 rings (SSSR count). The van der Waals surface area contributed by atoms with E-state index in [1.165, 1.54) is 0 Å². The maximum atomic E-state index is 9.50. The number of likely N-dealkylation sites (N-methyl/N-ethyl adjacent to an activating group) is 1. The van der Waals surface area contributed by atoms with E-state index in [-0.39, 0.29) is 5.92 Å². The van der Waals surface area contributed by atoms with Crippen molar-refractivity contribution in [2.75, 3.05) is 66.4 Å². The molecule has 0 aromatic heterocycles. The Morgan fingerprint density at radius 1 is 0.840 bits per heavy atom. The minimum Gasteiger partial charge on any atom is -0.378 e. The maximum Gasteiger partial charge on any atom is 0.122 e. The molecule has 0 aliphatic rings. The molecule has 0 heterocycles. The second-order valence-corrected chi connectivity index (χ2v) is 5.85. The predicted molar refractivity (Wildman–Crippen MR) is 101 cm³/mol. The molecule has 0 bridgehead atoms. The molecule has 0 unspecified atom stereocenters. The van der Waals surface area contributed by atoms with Crippen LogP contribution in [0.4, 0.5) is 0 Å². The Hall–Kier alpha value is -0.970. The third-order valence-corrected chi connectivity index (χ3v) is 2.45. The molecule has 25 heavy (non-hydrogen) atoms. The molecule has 0 aromatic carbocycles. The monoisotopic (exact) mass is 359 g/mol. The van der Waals surface area contributed by atoms with Crippen LogP contribution >= 0.6 is 0 Å². The quantitative estimate of drug-likeness (QED) is 0.290. The minimum atomic E-state index is 0.204. The van der Waals surface area contributed by atoms with Crippen molar-refractivity contribution < 1.29 is 23.7 Å². The summed E-state index contributed by atoms with van der Waals surface area (Å²) in [5.74, 6) is 6.59. The molecular weight excluding hydrogens is 322 g/mol. The Labute approximate surface area is 153 Å². The molecule has 0 amide bonds. The highest BCUT2D eigenvalue weighted by atomic mass is 16.6. The van der Waals surface area contributed by atoms with Gasteiger partial charge in [0.2, 0.25) is 0 Å². The molecule has 0 aromatic rings. The summed E-state index contributed by atoms with van der Waals surface area (Å²) in [5, 5.41) is 3.01. The Morgan fingerprint density at radius 3 is 1.68 bits per heavy atom. The summed E-state index contributed by atoms with van der Waals surface area (Å²) in [7, 11) is 1.90. The largest absolute Gasteiger partial charge is 0.378 e. The van der Waals surface area contributed by atoms with Gasteiger partial charge in [0.25, 0.3) is 0 Å². The van der Waals surface area contributed by atoms with Gasteiger partial charge in [0.1, 0.15) is 12.9 Å². The Kier molecular flexibility index (Phi) is 24.2. The van der Waals surface area contributed by atoms with Crippen LogP contribution in [0.15, 0.2) is 0 Å². The standard InChI is InChI=1S/C15H29NO4.C4H8O/c1-15(2)5-4-7-17-9-11-19-13-14-20-12-10-18-8-6-16-3;1-4(2)3-5/h15-16H,6-14H2,1-3H3;3-4H,1-2H3. The lowest BCUT2D eigenvalue weighted by Gasteiger charge is -2.06. The molecule has 0 saturated heterocycles. The highest BCUT2D eigenvalue weighted by molar-refractivity contribution is 5.51. The van der Waals surface area contributed by atoms with Crippen LogP contribution in [-0.4, -0.2) is 72.7 Å². The van der Waals surface area contributed by atoms with E-state index < -0.39 is 0 Å². The van der Waals surface area contributed by atoms with E-state index in [1.807, 2.05) is 20.9 Å². The van der Waals surface area contributed by atoms with Crippen LogP contribution in [-0.2, 0) is 23.7 Å². The first kappa shape index (κ1) is 26.3. The van der Waals surface area contributed by atoms with Crippen LogP contribution in [0.2, 0.25) is 0 Å². The lowest BCUT2D eigenvalue weighted by Crippen LogP contribution is -2.17. The molecule has 1 N–H and O–H groups in total. The first-order valence-electron chi connectivity index (χ1n) is 8.93. The van der Waals surface area contributed by atoms with Gasteiger partial charge in [0.15, 0.2) is 0 Å². The third kappa shape index (κ3) is 31.3. The van der Waals surface area contributed by atoms with Gasteiger partial charge < -0.3 is 29.1 Å². The fraction of sp³-hybridized carbons (Fsp3) is 0.842. The number of carbonyl (C=O) groups excluding carboxylic acids is 1. The Morgan fingerprint density at radius 2 is 1.28 bits per heavy atom. The lowest BCUT2D eigenvalue weighted by molar-refractivity contribution is -0.110. The summed E-state index contributed by atoms with van der Waals surface area (Å²) in [6.07, 6.45) is 0.917. The van der Waals surface area contributed by atoms with E-state index in [4.69, 9.17) is 18.9 Å². The van der Waals surface area contributed by atoms with Gasteiger partial charge in [-0.3, -0.25) is 0 Å². The second kappa shape index (κ2) is 23.0. The summed E-state index contributed by atoms with van der Waals surface area (Å²) in [6, 6.07) is 0. The van der Waals surface area contributed by atoms with Crippen molar-refractivity contribution in [2.24, 2.45) is 11.8 Å². The molecule has 0 aliphatic carbocycles. The second-order valence-electron chi connectivity index (χ2n) is 5.85. The number of hydrogen-bond acceptors (Lipinski definition) is 6. The summed E-state index contributed by atoms with van der Waals surface area (Å²) >= 11 is 0. The minimum absolute atomic E-state index is 0.204. The number of ether oxygens (including phenoxy) is 4. The number of nitrogens with one attached hydrogen (secondary N) is 1. The van der Waals surface area contributed by atoms with E-state index in [1.54, 1.807) is 0 Å². The first-order valence-corrected chi connectivity index (χ1v) is 8.93. The normalized spacial score (nSPS) is 10.2. The fourth-order valence-corrected chi connectivity index (χ4v) is 1.20. The SMILES string of the molecule is CC(C)C=O.CNCCOCCOCCOCCOCC#CC(C)C. The number of hydrogen-bond donors (Lipinski definition) is 1. The van der Waals surface area contributed by atoms with Crippen molar-refractivity contribution in [3.63, 3.8) is 0 Å². The fourth-order valence-electron chi connectivity index (χ4n) is 1.20.